The highest BCUT2D eigenvalue weighted by Gasteiger charge is 2.11. The Balaban J connectivity index is 1.52. The number of benzene rings is 2. The van der Waals surface area contributed by atoms with E-state index in [1.165, 1.54) is 0 Å². The summed E-state index contributed by atoms with van der Waals surface area (Å²) in [4.78, 5) is 29.9. The average molecular weight is 393 g/mol. The predicted octanol–water partition coefficient (Wildman–Crippen LogP) is 3.85. The van der Waals surface area contributed by atoms with Gasteiger partial charge in [0.1, 0.15) is 6.61 Å². The molecule has 0 aliphatic heterocycles. The number of likely N-dealkylation sites (N-methyl/N-ethyl adjacent to an activating group) is 1. The van der Waals surface area contributed by atoms with Crippen molar-refractivity contribution in [3.8, 4) is 0 Å². The van der Waals surface area contributed by atoms with Crippen LogP contribution in [0.25, 0.3) is 10.9 Å². The maximum atomic E-state index is 12.4. The van der Waals surface area contributed by atoms with Gasteiger partial charge in [-0.2, -0.15) is 0 Å². The van der Waals surface area contributed by atoms with Crippen LogP contribution in [0.2, 0.25) is 0 Å². The maximum Gasteiger partial charge on any atom is 0.338 e. The van der Waals surface area contributed by atoms with Crippen molar-refractivity contribution in [3.63, 3.8) is 0 Å². The monoisotopic (exact) mass is 393 g/mol. The Morgan fingerprint density at radius 3 is 2.48 bits per heavy atom. The first-order valence-electron chi connectivity index (χ1n) is 9.95. The highest BCUT2D eigenvalue weighted by molar-refractivity contribution is 5.96. The number of anilines is 1. The topological polar surface area (TPSA) is 74.4 Å². The fourth-order valence-electron chi connectivity index (χ4n) is 3.24. The minimum absolute atomic E-state index is 0.107. The molecule has 3 aromatic rings. The molecule has 0 atom stereocenters. The largest absolute Gasteiger partial charge is 0.461 e. The number of ether oxygens (including phenoxy) is 1. The van der Waals surface area contributed by atoms with Crippen molar-refractivity contribution in [3.05, 3.63) is 65.9 Å². The van der Waals surface area contributed by atoms with Crippen LogP contribution < -0.4 is 5.32 Å². The third kappa shape index (κ3) is 5.45. The normalized spacial score (nSPS) is 11.0. The van der Waals surface area contributed by atoms with Gasteiger partial charge in [-0.1, -0.05) is 32.0 Å². The van der Waals surface area contributed by atoms with E-state index < -0.39 is 0 Å². The Kier molecular flexibility index (Phi) is 7.03. The minimum atomic E-state index is -0.353. The first-order valence-corrected chi connectivity index (χ1v) is 9.95. The van der Waals surface area contributed by atoms with Gasteiger partial charge < -0.3 is 19.9 Å². The van der Waals surface area contributed by atoms with E-state index in [2.05, 4.69) is 29.0 Å². The summed E-state index contributed by atoms with van der Waals surface area (Å²) in [5, 5.41) is 3.92. The number of nitrogens with one attached hydrogen (secondary N) is 2. The Hall–Kier alpha value is -3.12. The van der Waals surface area contributed by atoms with Crippen LogP contribution in [0.3, 0.4) is 0 Å². The fourth-order valence-corrected chi connectivity index (χ4v) is 3.24. The molecule has 1 heterocycles. The number of aromatic nitrogens is 1. The van der Waals surface area contributed by atoms with Crippen LogP contribution >= 0.6 is 0 Å². The van der Waals surface area contributed by atoms with Gasteiger partial charge in [0.15, 0.2) is 0 Å². The summed E-state index contributed by atoms with van der Waals surface area (Å²) in [5.41, 5.74) is 3.08. The molecule has 0 fully saturated rings. The third-order valence-electron chi connectivity index (χ3n) is 4.97. The van der Waals surface area contributed by atoms with E-state index in [0.717, 1.165) is 36.1 Å². The fraction of sp³-hybridized carbons (Fsp3) is 0.304. The summed E-state index contributed by atoms with van der Waals surface area (Å²) in [5.74, 6) is -0.460. The second-order valence-electron chi connectivity index (χ2n) is 6.82. The predicted molar refractivity (Wildman–Crippen MR) is 115 cm³/mol. The number of hydrogen-bond donors (Lipinski definition) is 2. The molecule has 1 aromatic heterocycles. The summed E-state index contributed by atoms with van der Waals surface area (Å²) in [6.07, 6.45) is 2.14. The number of fused-ring (bicyclic) bond motifs is 1. The summed E-state index contributed by atoms with van der Waals surface area (Å²) in [6.45, 7) is 7.11. The van der Waals surface area contributed by atoms with Gasteiger partial charge in [0.25, 0.3) is 0 Å². The second-order valence-corrected chi connectivity index (χ2v) is 6.82. The molecule has 1 amide bonds. The lowest BCUT2D eigenvalue weighted by molar-refractivity contribution is -0.115. The molecule has 0 aliphatic carbocycles. The SMILES string of the molecule is CCN(CC)CCOC(=O)c1ccc(NC(=O)Cc2c[nH]c3ccccc23)cc1. The standard InChI is InChI=1S/C23H27N3O3/c1-3-26(4-2)13-14-29-23(28)17-9-11-19(12-10-17)25-22(27)15-18-16-24-21-8-6-5-7-20(18)21/h5-12,16,24H,3-4,13-15H2,1-2H3,(H,25,27). The Labute approximate surface area is 170 Å². The first kappa shape index (κ1) is 20.6. The van der Waals surface area contributed by atoms with Crippen LogP contribution in [0, 0.1) is 0 Å². The number of aromatic amines is 1. The average Bonchev–Trinajstić information content (AvgIpc) is 3.14. The summed E-state index contributed by atoms with van der Waals surface area (Å²) < 4.78 is 5.32. The third-order valence-corrected chi connectivity index (χ3v) is 4.97. The quantitative estimate of drug-likeness (QED) is 0.542. The van der Waals surface area contributed by atoms with E-state index in [9.17, 15) is 9.59 Å². The lowest BCUT2D eigenvalue weighted by atomic mass is 10.1. The van der Waals surface area contributed by atoms with Gasteiger partial charge >= 0.3 is 5.97 Å². The van der Waals surface area contributed by atoms with Crippen molar-refractivity contribution in [2.75, 3.05) is 31.6 Å². The highest BCUT2D eigenvalue weighted by atomic mass is 16.5. The summed E-state index contributed by atoms with van der Waals surface area (Å²) in [6, 6.07) is 14.7. The summed E-state index contributed by atoms with van der Waals surface area (Å²) in [7, 11) is 0. The van der Waals surface area contributed by atoms with Crippen molar-refractivity contribution in [1.82, 2.24) is 9.88 Å². The number of carbonyl (C=O) groups is 2. The number of amides is 1. The molecule has 152 valence electrons. The molecule has 3 rings (SSSR count). The maximum absolute atomic E-state index is 12.4. The molecule has 0 saturated carbocycles. The second kappa shape index (κ2) is 9.89. The zero-order valence-corrected chi connectivity index (χ0v) is 16.9. The van der Waals surface area contributed by atoms with Crippen molar-refractivity contribution in [1.29, 1.82) is 0 Å². The van der Waals surface area contributed by atoms with Gasteiger partial charge in [-0.15, -0.1) is 0 Å². The van der Waals surface area contributed by atoms with E-state index in [-0.39, 0.29) is 18.3 Å². The Morgan fingerprint density at radius 2 is 1.76 bits per heavy atom. The van der Waals surface area contributed by atoms with E-state index in [1.54, 1.807) is 24.3 Å². The molecule has 0 aliphatic rings. The van der Waals surface area contributed by atoms with Crippen LogP contribution in [-0.4, -0.2) is 48.0 Å². The van der Waals surface area contributed by atoms with E-state index in [4.69, 9.17) is 4.74 Å². The number of H-pyrrole nitrogens is 1. The molecule has 0 radical (unpaired) electrons. The zero-order chi connectivity index (χ0) is 20.6. The lowest BCUT2D eigenvalue weighted by Crippen LogP contribution is -2.27. The molecule has 29 heavy (non-hydrogen) atoms. The van der Waals surface area contributed by atoms with Crippen molar-refractivity contribution in [2.45, 2.75) is 20.3 Å². The molecule has 0 spiro atoms. The zero-order valence-electron chi connectivity index (χ0n) is 16.9. The van der Waals surface area contributed by atoms with Crippen molar-refractivity contribution < 1.29 is 14.3 Å². The van der Waals surface area contributed by atoms with Crippen LogP contribution in [0.4, 0.5) is 5.69 Å². The number of carbonyl (C=O) groups excluding carboxylic acids is 2. The van der Waals surface area contributed by atoms with E-state index in [0.29, 0.717) is 17.9 Å². The van der Waals surface area contributed by atoms with Crippen molar-refractivity contribution >= 4 is 28.5 Å². The number of esters is 1. The van der Waals surface area contributed by atoms with E-state index >= 15 is 0 Å². The molecule has 0 saturated heterocycles. The molecule has 2 aromatic carbocycles. The van der Waals surface area contributed by atoms with Gasteiger partial charge in [0.05, 0.1) is 12.0 Å². The van der Waals surface area contributed by atoms with Gasteiger partial charge in [0, 0.05) is 29.3 Å². The van der Waals surface area contributed by atoms with Gasteiger partial charge in [-0.3, -0.25) is 4.79 Å². The Morgan fingerprint density at radius 1 is 1.03 bits per heavy atom. The molecule has 6 heteroatoms. The minimum Gasteiger partial charge on any atom is -0.461 e. The van der Waals surface area contributed by atoms with Gasteiger partial charge in [0.2, 0.25) is 5.91 Å². The first-order chi connectivity index (χ1) is 14.1. The number of hydrogen-bond acceptors (Lipinski definition) is 4. The van der Waals surface area contributed by atoms with Crippen LogP contribution in [-0.2, 0) is 16.0 Å². The molecule has 0 bridgehead atoms. The summed E-state index contributed by atoms with van der Waals surface area (Å²) >= 11 is 0. The molecular formula is C23H27N3O3. The molecule has 0 unspecified atom stereocenters. The highest BCUT2D eigenvalue weighted by Crippen LogP contribution is 2.19. The Bertz CT molecular complexity index is 959. The number of para-hydroxylation sites is 1. The lowest BCUT2D eigenvalue weighted by Gasteiger charge is -2.17. The smallest absolute Gasteiger partial charge is 0.338 e. The number of rotatable bonds is 9. The van der Waals surface area contributed by atoms with Gasteiger partial charge in [-0.25, -0.2) is 4.79 Å². The molecule has 6 nitrogen and oxygen atoms in total. The van der Waals surface area contributed by atoms with E-state index in [1.807, 2.05) is 30.5 Å². The number of nitrogens with zero attached hydrogens (tertiary/aromatic N) is 1. The van der Waals surface area contributed by atoms with Crippen LogP contribution in [0.5, 0.6) is 0 Å². The van der Waals surface area contributed by atoms with Crippen molar-refractivity contribution in [2.24, 2.45) is 0 Å². The van der Waals surface area contributed by atoms with Gasteiger partial charge in [-0.05, 0) is 49.0 Å². The molecule has 2 N–H and O–H groups in total. The molecular weight excluding hydrogens is 366 g/mol. The van der Waals surface area contributed by atoms with Crippen LogP contribution in [0.15, 0.2) is 54.7 Å². The van der Waals surface area contributed by atoms with Crippen LogP contribution in [0.1, 0.15) is 29.8 Å².